The smallest absolute Gasteiger partial charge is 0.119 e. The number of hydrogen-bond acceptors (Lipinski definition) is 3. The van der Waals surface area contributed by atoms with Gasteiger partial charge in [-0.3, -0.25) is 0 Å². The second-order valence-electron chi connectivity index (χ2n) is 10.5. The van der Waals surface area contributed by atoms with Gasteiger partial charge in [-0.25, -0.2) is 0 Å². The molecule has 7 rings (SSSR count). The van der Waals surface area contributed by atoms with Crippen molar-refractivity contribution in [2.45, 2.75) is 0 Å². The zero-order chi connectivity index (χ0) is 29.2. The van der Waals surface area contributed by atoms with Crippen LogP contribution in [0.3, 0.4) is 0 Å². The minimum Gasteiger partial charge on any atom is -0.497 e. The van der Waals surface area contributed by atoms with Crippen LogP contribution in [0.2, 0.25) is 0 Å². The fourth-order valence-electron chi connectivity index (χ4n) is 5.80. The second kappa shape index (κ2) is 11.2. The number of fused-ring (bicyclic) bond motifs is 3. The molecule has 0 aromatic heterocycles. The lowest BCUT2D eigenvalue weighted by Gasteiger charge is -2.27. The number of nitriles is 1. The molecule has 0 N–H and O–H groups in total. The van der Waals surface area contributed by atoms with Gasteiger partial charge < -0.3 is 9.64 Å². The highest BCUT2D eigenvalue weighted by Crippen LogP contribution is 2.39. The van der Waals surface area contributed by atoms with E-state index < -0.39 is 0 Å². The van der Waals surface area contributed by atoms with E-state index in [0.29, 0.717) is 0 Å². The van der Waals surface area contributed by atoms with Crippen LogP contribution in [-0.2, 0) is 0 Å². The third kappa shape index (κ3) is 4.96. The molecule has 0 saturated heterocycles. The molecule has 0 atom stereocenters. The fourth-order valence-corrected chi connectivity index (χ4v) is 5.80. The van der Waals surface area contributed by atoms with Crippen LogP contribution in [-0.4, -0.2) is 7.11 Å². The first kappa shape index (κ1) is 26.1. The predicted octanol–water partition coefficient (Wildman–Crippen LogP) is 10.7. The quantitative estimate of drug-likeness (QED) is 0.152. The van der Waals surface area contributed by atoms with Crippen LogP contribution in [0.4, 0.5) is 17.1 Å². The van der Waals surface area contributed by atoms with E-state index in [0.717, 1.165) is 61.0 Å². The molecule has 7 aromatic carbocycles. The van der Waals surface area contributed by atoms with Gasteiger partial charge in [0.1, 0.15) is 11.8 Å². The lowest BCUT2D eigenvalue weighted by Crippen LogP contribution is -2.10. The first-order chi connectivity index (χ1) is 21.2. The molecule has 0 saturated carbocycles. The highest BCUT2D eigenvalue weighted by Gasteiger charge is 2.15. The molecular weight excluding hydrogens is 524 g/mol. The van der Waals surface area contributed by atoms with Gasteiger partial charge in [-0.2, -0.15) is 5.26 Å². The van der Waals surface area contributed by atoms with E-state index in [1.54, 1.807) is 7.11 Å². The average molecular weight is 553 g/mol. The summed E-state index contributed by atoms with van der Waals surface area (Å²) in [5, 5.41) is 16.4. The summed E-state index contributed by atoms with van der Waals surface area (Å²) in [6.07, 6.45) is 4.26. The van der Waals surface area contributed by atoms with Gasteiger partial charge in [-0.05, 0) is 81.9 Å². The molecule has 0 heterocycles. The largest absolute Gasteiger partial charge is 0.497 e. The molecule has 0 aliphatic heterocycles. The maximum Gasteiger partial charge on any atom is 0.119 e. The molecule has 204 valence electrons. The highest BCUT2D eigenvalue weighted by molar-refractivity contribution is 6.05. The van der Waals surface area contributed by atoms with Crippen LogP contribution < -0.4 is 9.64 Å². The van der Waals surface area contributed by atoms with Crippen molar-refractivity contribution in [3.05, 3.63) is 156 Å². The van der Waals surface area contributed by atoms with Gasteiger partial charge >= 0.3 is 0 Å². The maximum absolute atomic E-state index is 9.86. The summed E-state index contributed by atoms with van der Waals surface area (Å²) in [4.78, 5) is 2.29. The van der Waals surface area contributed by atoms with Gasteiger partial charge in [-0.15, -0.1) is 0 Å². The van der Waals surface area contributed by atoms with Crippen LogP contribution in [0.25, 0.3) is 44.5 Å². The van der Waals surface area contributed by atoms with Gasteiger partial charge in [0.25, 0.3) is 0 Å². The van der Waals surface area contributed by atoms with Gasteiger partial charge in [-0.1, -0.05) is 97.1 Å². The lowest BCUT2D eigenvalue weighted by atomic mass is 9.96. The summed E-state index contributed by atoms with van der Waals surface area (Å²) in [7, 11) is 1.69. The fraction of sp³-hybridized carbons (Fsp3) is 0.0250. The number of hydrogen-bond donors (Lipinski definition) is 0. The summed E-state index contributed by atoms with van der Waals surface area (Å²) >= 11 is 0. The SMILES string of the molecule is COc1ccc(N(c2ccc(/C=C/c3ccc4c(C#N)c5ccccc5cc4c3)cc2)c2cccc3ccccc23)cc1. The van der Waals surface area contributed by atoms with Crippen molar-refractivity contribution >= 4 is 61.5 Å². The van der Waals surface area contributed by atoms with Gasteiger partial charge in [0.15, 0.2) is 0 Å². The topological polar surface area (TPSA) is 36.3 Å². The summed E-state index contributed by atoms with van der Waals surface area (Å²) in [5.74, 6) is 0.827. The first-order valence-corrected chi connectivity index (χ1v) is 14.3. The maximum atomic E-state index is 9.86. The summed E-state index contributed by atoms with van der Waals surface area (Å²) in [6.45, 7) is 0. The second-order valence-corrected chi connectivity index (χ2v) is 10.5. The van der Waals surface area contributed by atoms with Crippen molar-refractivity contribution in [1.29, 1.82) is 5.26 Å². The number of benzene rings is 7. The number of rotatable bonds is 6. The Morgan fingerprint density at radius 3 is 1.91 bits per heavy atom. The minimum absolute atomic E-state index is 0.729. The van der Waals surface area contributed by atoms with E-state index in [1.807, 2.05) is 30.3 Å². The van der Waals surface area contributed by atoms with Crippen LogP contribution in [0, 0.1) is 11.3 Å². The Hall–Kier alpha value is -5.85. The molecule has 0 radical (unpaired) electrons. The molecule has 0 unspecified atom stereocenters. The molecular formula is C40H28N2O. The van der Waals surface area contributed by atoms with Crippen LogP contribution >= 0.6 is 0 Å². The molecule has 3 heteroatoms. The van der Waals surface area contributed by atoms with E-state index in [9.17, 15) is 5.26 Å². The Bertz CT molecular complexity index is 2170. The minimum atomic E-state index is 0.729. The van der Waals surface area contributed by atoms with E-state index in [2.05, 4.69) is 132 Å². The zero-order valence-electron chi connectivity index (χ0n) is 23.7. The van der Waals surface area contributed by atoms with Gasteiger partial charge in [0, 0.05) is 27.5 Å². The summed E-state index contributed by atoms with van der Waals surface area (Å²) in [5.41, 5.74) is 6.17. The standard InChI is InChI=1S/C40H28N2O/c1-43-35-22-20-34(21-23-35)42(40-12-6-9-30-7-2-5-11-38(30)40)33-18-15-28(16-19-33)13-14-29-17-24-37-32(25-29)26-31-8-3-4-10-36(31)39(37)27-41/h2-26H,1H3/b14-13+. The van der Waals surface area contributed by atoms with E-state index in [-0.39, 0.29) is 0 Å². The highest BCUT2D eigenvalue weighted by atomic mass is 16.5. The van der Waals surface area contributed by atoms with Crippen LogP contribution in [0.5, 0.6) is 5.75 Å². The molecule has 0 aliphatic carbocycles. The zero-order valence-corrected chi connectivity index (χ0v) is 23.7. The molecule has 7 aromatic rings. The number of methoxy groups -OCH3 is 1. The predicted molar refractivity (Wildman–Crippen MR) is 180 cm³/mol. The van der Waals surface area contributed by atoms with Crippen LogP contribution in [0.15, 0.2) is 140 Å². The van der Waals surface area contributed by atoms with Gasteiger partial charge in [0.05, 0.1) is 18.4 Å². The van der Waals surface area contributed by atoms with Crippen molar-refractivity contribution in [3.63, 3.8) is 0 Å². The van der Waals surface area contributed by atoms with Crippen molar-refractivity contribution in [3.8, 4) is 11.8 Å². The number of nitrogens with zero attached hydrogens (tertiary/aromatic N) is 2. The monoisotopic (exact) mass is 552 g/mol. The molecule has 3 nitrogen and oxygen atoms in total. The number of anilines is 3. The Morgan fingerprint density at radius 1 is 0.558 bits per heavy atom. The van der Waals surface area contributed by atoms with Crippen molar-refractivity contribution in [1.82, 2.24) is 0 Å². The molecule has 0 fully saturated rings. The number of ether oxygens (including phenoxy) is 1. The van der Waals surface area contributed by atoms with Crippen molar-refractivity contribution in [2.24, 2.45) is 0 Å². The van der Waals surface area contributed by atoms with E-state index in [1.165, 1.54) is 10.8 Å². The Morgan fingerprint density at radius 2 is 1.16 bits per heavy atom. The first-order valence-electron chi connectivity index (χ1n) is 14.3. The molecule has 0 spiro atoms. The summed E-state index contributed by atoms with van der Waals surface area (Å²) < 4.78 is 5.42. The van der Waals surface area contributed by atoms with Gasteiger partial charge in [0.2, 0.25) is 0 Å². The van der Waals surface area contributed by atoms with Crippen LogP contribution in [0.1, 0.15) is 16.7 Å². The lowest BCUT2D eigenvalue weighted by molar-refractivity contribution is 0.415. The Labute approximate surface area is 251 Å². The summed E-state index contributed by atoms with van der Waals surface area (Å²) in [6, 6.07) is 50.6. The Balaban J connectivity index is 1.23. The third-order valence-corrected chi connectivity index (χ3v) is 7.96. The normalized spacial score (nSPS) is 11.3. The third-order valence-electron chi connectivity index (χ3n) is 7.96. The molecule has 43 heavy (non-hydrogen) atoms. The van der Waals surface area contributed by atoms with E-state index in [4.69, 9.17) is 4.74 Å². The van der Waals surface area contributed by atoms with Crippen molar-refractivity contribution < 1.29 is 4.74 Å². The molecule has 0 amide bonds. The van der Waals surface area contributed by atoms with Crippen molar-refractivity contribution in [2.75, 3.05) is 12.0 Å². The molecule has 0 aliphatic rings. The molecule has 0 bridgehead atoms. The Kier molecular flexibility index (Phi) is 6.79. The average Bonchev–Trinajstić information content (AvgIpc) is 3.07. The van der Waals surface area contributed by atoms with E-state index >= 15 is 0 Å².